The van der Waals surface area contributed by atoms with E-state index in [1.807, 2.05) is 0 Å². The number of alkyl halides is 3. The maximum absolute atomic E-state index is 12.7. The first kappa shape index (κ1) is 19.2. The standard InChI is InChI=1S/C13H20F3N3O4/c1-12(2,3)23-11(22)17-5-4-8(20)9(21)7-6-18-19-10(7)13(14,15)16/h6,8-9,20-21H,4-5H2,1-3H3,(H,17,22)(H,18,19). The Hall–Kier alpha value is -1.81. The van der Waals surface area contributed by atoms with Gasteiger partial charge in [-0.3, -0.25) is 5.10 Å². The monoisotopic (exact) mass is 339 g/mol. The zero-order chi connectivity index (χ0) is 17.8. The third-order valence-corrected chi connectivity index (χ3v) is 2.74. The summed E-state index contributed by atoms with van der Waals surface area (Å²) in [5, 5.41) is 26.9. The van der Waals surface area contributed by atoms with Crippen molar-refractivity contribution in [1.82, 2.24) is 15.5 Å². The van der Waals surface area contributed by atoms with E-state index >= 15 is 0 Å². The Bertz CT molecular complexity index is 525. The summed E-state index contributed by atoms with van der Waals surface area (Å²) in [4.78, 5) is 11.4. The number of ether oxygens (including phenoxy) is 1. The van der Waals surface area contributed by atoms with E-state index in [1.54, 1.807) is 25.9 Å². The SMILES string of the molecule is CC(C)(C)OC(=O)NCCC(O)C(O)c1cn[nH]c1C(F)(F)F. The van der Waals surface area contributed by atoms with Crippen molar-refractivity contribution < 1.29 is 32.9 Å². The van der Waals surface area contributed by atoms with Gasteiger partial charge in [-0.1, -0.05) is 0 Å². The van der Waals surface area contributed by atoms with E-state index in [1.165, 1.54) is 0 Å². The third-order valence-electron chi connectivity index (χ3n) is 2.74. The number of aliphatic hydroxyl groups excluding tert-OH is 2. The van der Waals surface area contributed by atoms with Crippen LogP contribution in [0.15, 0.2) is 6.20 Å². The lowest BCUT2D eigenvalue weighted by Crippen LogP contribution is -2.34. The first-order chi connectivity index (χ1) is 10.4. The first-order valence-electron chi connectivity index (χ1n) is 6.85. The first-order valence-corrected chi connectivity index (χ1v) is 6.85. The molecule has 0 bridgehead atoms. The number of alkyl carbamates (subject to hydrolysis) is 1. The molecule has 132 valence electrons. The lowest BCUT2D eigenvalue weighted by atomic mass is 10.0. The highest BCUT2D eigenvalue weighted by atomic mass is 19.4. The minimum absolute atomic E-state index is 0.0770. The molecule has 0 fully saturated rings. The van der Waals surface area contributed by atoms with Gasteiger partial charge in [-0.2, -0.15) is 18.3 Å². The number of halogens is 3. The summed E-state index contributed by atoms with van der Waals surface area (Å²) < 4.78 is 43.0. The van der Waals surface area contributed by atoms with Crippen molar-refractivity contribution in [2.75, 3.05) is 6.54 Å². The van der Waals surface area contributed by atoms with Gasteiger partial charge in [0.25, 0.3) is 0 Å². The van der Waals surface area contributed by atoms with E-state index in [2.05, 4.69) is 10.4 Å². The van der Waals surface area contributed by atoms with E-state index in [-0.39, 0.29) is 13.0 Å². The van der Waals surface area contributed by atoms with Crippen LogP contribution in [0.2, 0.25) is 0 Å². The quantitative estimate of drug-likeness (QED) is 0.654. The number of carbonyl (C=O) groups is 1. The number of H-pyrrole nitrogens is 1. The molecule has 0 saturated heterocycles. The molecule has 1 amide bonds. The molecule has 1 heterocycles. The molecule has 0 aliphatic heterocycles. The molecule has 23 heavy (non-hydrogen) atoms. The normalized spacial score (nSPS) is 15.1. The van der Waals surface area contributed by atoms with Gasteiger partial charge < -0.3 is 20.3 Å². The molecule has 1 aromatic rings. The molecule has 0 spiro atoms. The molecule has 0 aliphatic rings. The lowest BCUT2D eigenvalue weighted by Gasteiger charge is -2.21. The number of amides is 1. The molecular formula is C13H20F3N3O4. The predicted molar refractivity (Wildman–Crippen MR) is 73.4 cm³/mol. The number of carbonyl (C=O) groups excluding carboxylic acids is 1. The average Bonchev–Trinajstić information content (AvgIpc) is 2.84. The van der Waals surface area contributed by atoms with E-state index in [0.717, 1.165) is 6.20 Å². The number of aromatic nitrogens is 2. The van der Waals surface area contributed by atoms with E-state index in [0.29, 0.717) is 0 Å². The summed E-state index contributed by atoms with van der Waals surface area (Å²) in [6.45, 7) is 4.93. The molecule has 2 unspecified atom stereocenters. The number of nitrogens with one attached hydrogen (secondary N) is 2. The van der Waals surface area contributed by atoms with Crippen molar-refractivity contribution in [3.63, 3.8) is 0 Å². The van der Waals surface area contributed by atoms with Gasteiger partial charge >= 0.3 is 12.3 Å². The van der Waals surface area contributed by atoms with Crippen LogP contribution < -0.4 is 5.32 Å². The van der Waals surface area contributed by atoms with Crippen LogP contribution in [0.3, 0.4) is 0 Å². The van der Waals surface area contributed by atoms with Crippen LogP contribution in [-0.4, -0.2) is 44.8 Å². The highest BCUT2D eigenvalue weighted by Crippen LogP contribution is 2.34. The minimum atomic E-state index is -4.72. The Morgan fingerprint density at radius 2 is 2.00 bits per heavy atom. The average molecular weight is 339 g/mol. The lowest BCUT2D eigenvalue weighted by molar-refractivity contribution is -0.143. The molecule has 0 radical (unpaired) electrons. The van der Waals surface area contributed by atoms with E-state index < -0.39 is 41.3 Å². The topological polar surface area (TPSA) is 107 Å². The number of aromatic amines is 1. The molecule has 2 atom stereocenters. The Morgan fingerprint density at radius 3 is 2.52 bits per heavy atom. The summed E-state index contributed by atoms with van der Waals surface area (Å²) in [5.74, 6) is 0. The largest absolute Gasteiger partial charge is 0.444 e. The van der Waals surface area contributed by atoms with Crippen molar-refractivity contribution in [3.05, 3.63) is 17.5 Å². The second kappa shape index (κ2) is 7.18. The molecular weight excluding hydrogens is 319 g/mol. The van der Waals surface area contributed by atoms with Gasteiger partial charge in [-0.05, 0) is 27.2 Å². The van der Waals surface area contributed by atoms with Gasteiger partial charge in [0.15, 0.2) is 0 Å². The second-order valence-electron chi connectivity index (χ2n) is 5.93. The van der Waals surface area contributed by atoms with Crippen LogP contribution in [0.1, 0.15) is 44.6 Å². The van der Waals surface area contributed by atoms with Crippen molar-refractivity contribution in [1.29, 1.82) is 0 Å². The minimum Gasteiger partial charge on any atom is -0.444 e. The summed E-state index contributed by atoms with van der Waals surface area (Å²) in [6, 6.07) is 0. The van der Waals surface area contributed by atoms with Gasteiger partial charge in [-0.25, -0.2) is 4.79 Å². The van der Waals surface area contributed by atoms with Crippen LogP contribution in [-0.2, 0) is 10.9 Å². The summed E-state index contributed by atoms with van der Waals surface area (Å²) in [6.07, 6.45) is -8.10. The maximum atomic E-state index is 12.7. The number of aliphatic hydroxyl groups is 2. The molecule has 10 heteroatoms. The highest BCUT2D eigenvalue weighted by Gasteiger charge is 2.38. The zero-order valence-electron chi connectivity index (χ0n) is 12.9. The van der Waals surface area contributed by atoms with Crippen LogP contribution in [0.25, 0.3) is 0 Å². The molecule has 0 aromatic carbocycles. The third kappa shape index (κ3) is 6.06. The predicted octanol–water partition coefficient (Wildman–Crippen LogP) is 1.74. The molecule has 1 aromatic heterocycles. The van der Waals surface area contributed by atoms with Crippen LogP contribution in [0, 0.1) is 0 Å². The van der Waals surface area contributed by atoms with Crippen LogP contribution in [0.4, 0.5) is 18.0 Å². The van der Waals surface area contributed by atoms with Crippen LogP contribution in [0.5, 0.6) is 0 Å². The number of nitrogens with zero attached hydrogens (tertiary/aromatic N) is 1. The number of hydrogen-bond donors (Lipinski definition) is 4. The summed E-state index contributed by atoms with van der Waals surface area (Å²) in [7, 11) is 0. The Labute approximate surface area is 130 Å². The Kier molecular flexibility index (Phi) is 6.00. The molecule has 4 N–H and O–H groups in total. The fourth-order valence-electron chi connectivity index (χ4n) is 1.75. The van der Waals surface area contributed by atoms with Gasteiger partial charge in [0.05, 0.1) is 12.3 Å². The van der Waals surface area contributed by atoms with Gasteiger partial charge in [0.2, 0.25) is 0 Å². The van der Waals surface area contributed by atoms with Gasteiger partial charge in [0, 0.05) is 12.1 Å². The van der Waals surface area contributed by atoms with Crippen molar-refractivity contribution in [3.8, 4) is 0 Å². The van der Waals surface area contributed by atoms with Crippen molar-refractivity contribution in [2.45, 2.75) is 51.2 Å². The zero-order valence-corrected chi connectivity index (χ0v) is 12.9. The second-order valence-corrected chi connectivity index (χ2v) is 5.93. The molecule has 1 rings (SSSR count). The summed E-state index contributed by atoms with van der Waals surface area (Å²) >= 11 is 0. The molecule has 7 nitrogen and oxygen atoms in total. The van der Waals surface area contributed by atoms with Gasteiger partial charge in [0.1, 0.15) is 17.4 Å². The number of rotatable bonds is 5. The molecule has 0 saturated carbocycles. The Balaban J connectivity index is 2.54. The van der Waals surface area contributed by atoms with E-state index in [4.69, 9.17) is 4.74 Å². The number of hydrogen-bond acceptors (Lipinski definition) is 5. The Morgan fingerprint density at radius 1 is 1.39 bits per heavy atom. The smallest absolute Gasteiger partial charge is 0.433 e. The van der Waals surface area contributed by atoms with Crippen LogP contribution >= 0.6 is 0 Å². The molecule has 0 aliphatic carbocycles. The highest BCUT2D eigenvalue weighted by molar-refractivity contribution is 5.67. The van der Waals surface area contributed by atoms with Crippen molar-refractivity contribution >= 4 is 6.09 Å². The summed E-state index contributed by atoms with van der Waals surface area (Å²) in [5.41, 5.74) is -2.47. The fourth-order valence-corrected chi connectivity index (χ4v) is 1.75. The van der Waals surface area contributed by atoms with Crippen molar-refractivity contribution in [2.24, 2.45) is 0 Å². The van der Waals surface area contributed by atoms with Gasteiger partial charge in [-0.15, -0.1) is 0 Å². The fraction of sp³-hybridized carbons (Fsp3) is 0.692. The maximum Gasteiger partial charge on any atom is 0.433 e. The van der Waals surface area contributed by atoms with E-state index in [9.17, 15) is 28.2 Å².